The number of aliphatic hydroxyl groups excluding tert-OH is 1. The van der Waals surface area contributed by atoms with Crippen LogP contribution < -0.4 is 5.32 Å². The highest BCUT2D eigenvalue weighted by Crippen LogP contribution is 2.47. The van der Waals surface area contributed by atoms with E-state index < -0.39 is 0 Å². The Bertz CT molecular complexity index is 277. The van der Waals surface area contributed by atoms with Gasteiger partial charge in [-0.3, -0.25) is 0 Å². The normalized spacial score (nSPS) is 26.7. The van der Waals surface area contributed by atoms with Gasteiger partial charge in [-0.25, -0.2) is 4.79 Å². The van der Waals surface area contributed by atoms with Crippen molar-refractivity contribution < 1.29 is 9.90 Å². The van der Waals surface area contributed by atoms with Gasteiger partial charge in [0, 0.05) is 26.2 Å². The zero-order chi connectivity index (χ0) is 12.3. The molecule has 2 aliphatic rings. The van der Waals surface area contributed by atoms with Gasteiger partial charge in [-0.15, -0.1) is 0 Å². The molecule has 0 bridgehead atoms. The topological polar surface area (TPSA) is 52.6 Å². The lowest BCUT2D eigenvalue weighted by molar-refractivity contribution is 0.128. The van der Waals surface area contributed by atoms with E-state index in [4.69, 9.17) is 5.11 Å². The summed E-state index contributed by atoms with van der Waals surface area (Å²) in [6, 6.07) is 0.0582. The van der Waals surface area contributed by atoms with Crippen LogP contribution in [-0.4, -0.2) is 42.3 Å². The number of likely N-dealkylation sites (tertiary alicyclic amines) is 1. The van der Waals surface area contributed by atoms with Gasteiger partial charge in [0.25, 0.3) is 0 Å². The zero-order valence-corrected chi connectivity index (χ0v) is 10.7. The van der Waals surface area contributed by atoms with Gasteiger partial charge in [0.15, 0.2) is 0 Å². The van der Waals surface area contributed by atoms with Crippen LogP contribution in [0.5, 0.6) is 0 Å². The van der Waals surface area contributed by atoms with Crippen LogP contribution in [-0.2, 0) is 0 Å². The van der Waals surface area contributed by atoms with Gasteiger partial charge in [0.1, 0.15) is 0 Å². The molecule has 1 atom stereocenters. The third-order valence-corrected chi connectivity index (χ3v) is 4.39. The molecule has 2 rings (SSSR count). The lowest BCUT2D eigenvalue weighted by atomic mass is 9.99. The number of nitrogens with zero attached hydrogens (tertiary/aromatic N) is 1. The van der Waals surface area contributed by atoms with E-state index >= 15 is 0 Å². The highest BCUT2D eigenvalue weighted by molar-refractivity contribution is 5.74. The highest BCUT2D eigenvalue weighted by atomic mass is 16.3. The summed E-state index contributed by atoms with van der Waals surface area (Å²) in [4.78, 5) is 13.8. The summed E-state index contributed by atoms with van der Waals surface area (Å²) < 4.78 is 0. The van der Waals surface area contributed by atoms with Crippen LogP contribution in [0.25, 0.3) is 0 Å². The SMILES string of the molecule is CCC1(CNC(=O)N2CCCC(CO)C2)CC1. The monoisotopic (exact) mass is 240 g/mol. The van der Waals surface area contributed by atoms with Crippen LogP contribution in [0.2, 0.25) is 0 Å². The molecule has 1 aliphatic carbocycles. The fourth-order valence-electron chi connectivity index (χ4n) is 2.61. The second-order valence-electron chi connectivity index (χ2n) is 5.65. The van der Waals surface area contributed by atoms with E-state index in [-0.39, 0.29) is 18.6 Å². The van der Waals surface area contributed by atoms with Crippen molar-refractivity contribution in [2.75, 3.05) is 26.2 Å². The Balaban J connectivity index is 1.75. The van der Waals surface area contributed by atoms with E-state index in [1.54, 1.807) is 0 Å². The summed E-state index contributed by atoms with van der Waals surface area (Å²) in [6.45, 7) is 4.76. The Kier molecular flexibility index (Phi) is 3.92. The molecule has 2 amide bonds. The number of carbonyl (C=O) groups excluding carboxylic acids is 1. The molecule has 2 N–H and O–H groups in total. The van der Waals surface area contributed by atoms with Gasteiger partial charge in [-0.2, -0.15) is 0 Å². The van der Waals surface area contributed by atoms with Crippen molar-refractivity contribution in [3.8, 4) is 0 Å². The van der Waals surface area contributed by atoms with Crippen molar-refractivity contribution in [3.05, 3.63) is 0 Å². The number of hydrogen-bond acceptors (Lipinski definition) is 2. The van der Waals surface area contributed by atoms with Gasteiger partial charge in [0.2, 0.25) is 0 Å². The van der Waals surface area contributed by atoms with Crippen molar-refractivity contribution in [2.45, 2.75) is 39.0 Å². The molecule has 0 radical (unpaired) electrons. The molecule has 1 saturated carbocycles. The first-order valence-corrected chi connectivity index (χ1v) is 6.83. The van der Waals surface area contributed by atoms with E-state index in [2.05, 4.69) is 12.2 Å². The molecular formula is C13H24N2O2. The quantitative estimate of drug-likeness (QED) is 0.784. The van der Waals surface area contributed by atoms with Crippen molar-refractivity contribution in [3.63, 3.8) is 0 Å². The molecule has 0 aromatic heterocycles. The number of nitrogens with one attached hydrogen (secondary N) is 1. The van der Waals surface area contributed by atoms with E-state index in [1.165, 1.54) is 12.8 Å². The van der Waals surface area contributed by atoms with Crippen LogP contribution >= 0.6 is 0 Å². The molecule has 4 heteroatoms. The van der Waals surface area contributed by atoms with Gasteiger partial charge < -0.3 is 15.3 Å². The second-order valence-corrected chi connectivity index (χ2v) is 5.65. The van der Waals surface area contributed by atoms with Crippen LogP contribution in [0.15, 0.2) is 0 Å². The van der Waals surface area contributed by atoms with E-state index in [0.29, 0.717) is 12.0 Å². The molecule has 4 nitrogen and oxygen atoms in total. The number of piperidine rings is 1. The Morgan fingerprint density at radius 3 is 2.88 bits per heavy atom. The summed E-state index contributed by atoms with van der Waals surface area (Å²) in [5.74, 6) is 0.274. The van der Waals surface area contributed by atoms with Crippen LogP contribution in [0, 0.1) is 11.3 Å². The van der Waals surface area contributed by atoms with Gasteiger partial charge >= 0.3 is 6.03 Å². The van der Waals surface area contributed by atoms with Crippen molar-refractivity contribution >= 4 is 6.03 Å². The van der Waals surface area contributed by atoms with Gasteiger partial charge in [0.05, 0.1) is 0 Å². The predicted octanol–water partition coefficient (Wildman–Crippen LogP) is 1.59. The van der Waals surface area contributed by atoms with Crippen LogP contribution in [0.1, 0.15) is 39.0 Å². The number of aliphatic hydroxyl groups is 1. The molecule has 0 spiro atoms. The molecule has 0 aromatic carbocycles. The van der Waals surface area contributed by atoms with Gasteiger partial charge in [-0.05, 0) is 43.4 Å². The first-order valence-electron chi connectivity index (χ1n) is 6.83. The third-order valence-electron chi connectivity index (χ3n) is 4.39. The van der Waals surface area contributed by atoms with Gasteiger partial charge in [-0.1, -0.05) is 6.92 Å². The molecule has 0 aromatic rings. The maximum Gasteiger partial charge on any atom is 0.317 e. The summed E-state index contributed by atoms with van der Waals surface area (Å²) in [5, 5.41) is 12.2. The largest absolute Gasteiger partial charge is 0.396 e. The van der Waals surface area contributed by atoms with Crippen molar-refractivity contribution in [2.24, 2.45) is 11.3 Å². The molecule has 17 heavy (non-hydrogen) atoms. The summed E-state index contributed by atoms with van der Waals surface area (Å²) in [5.41, 5.74) is 0.405. The lowest BCUT2D eigenvalue weighted by Crippen LogP contribution is -2.47. The molecule has 1 aliphatic heterocycles. The number of hydrogen-bond donors (Lipinski definition) is 2. The average Bonchev–Trinajstić information content (AvgIpc) is 3.17. The molecule has 98 valence electrons. The lowest BCUT2D eigenvalue weighted by Gasteiger charge is -2.32. The van der Waals surface area contributed by atoms with E-state index in [9.17, 15) is 4.79 Å². The number of carbonyl (C=O) groups is 1. The standard InChI is InChI=1S/C13H24N2O2/c1-2-13(5-6-13)10-14-12(17)15-7-3-4-11(8-15)9-16/h11,16H,2-10H2,1H3,(H,14,17). The zero-order valence-electron chi connectivity index (χ0n) is 10.7. The molecular weight excluding hydrogens is 216 g/mol. The Hall–Kier alpha value is -0.770. The minimum absolute atomic E-state index is 0.0582. The average molecular weight is 240 g/mol. The summed E-state index contributed by atoms with van der Waals surface area (Å²) >= 11 is 0. The number of urea groups is 1. The summed E-state index contributed by atoms with van der Waals surface area (Å²) in [6.07, 6.45) is 5.72. The molecule has 2 fully saturated rings. The van der Waals surface area contributed by atoms with E-state index in [1.807, 2.05) is 4.90 Å². The second kappa shape index (κ2) is 5.25. The first kappa shape index (κ1) is 12.7. The Morgan fingerprint density at radius 1 is 1.53 bits per heavy atom. The minimum Gasteiger partial charge on any atom is -0.396 e. The number of amides is 2. The van der Waals surface area contributed by atoms with Crippen molar-refractivity contribution in [1.82, 2.24) is 10.2 Å². The minimum atomic E-state index is 0.0582. The maximum absolute atomic E-state index is 12.0. The Morgan fingerprint density at radius 2 is 2.29 bits per heavy atom. The van der Waals surface area contributed by atoms with Crippen LogP contribution in [0.4, 0.5) is 4.79 Å². The maximum atomic E-state index is 12.0. The van der Waals surface area contributed by atoms with Crippen LogP contribution in [0.3, 0.4) is 0 Å². The summed E-state index contributed by atoms with van der Waals surface area (Å²) in [7, 11) is 0. The highest BCUT2D eigenvalue weighted by Gasteiger charge is 2.41. The fourth-order valence-corrected chi connectivity index (χ4v) is 2.61. The molecule has 1 unspecified atom stereocenters. The number of rotatable bonds is 4. The first-order chi connectivity index (χ1) is 8.19. The smallest absolute Gasteiger partial charge is 0.317 e. The van der Waals surface area contributed by atoms with Crippen molar-refractivity contribution in [1.29, 1.82) is 0 Å². The molecule has 1 saturated heterocycles. The van der Waals surface area contributed by atoms with E-state index in [0.717, 1.165) is 32.4 Å². The fraction of sp³-hybridized carbons (Fsp3) is 0.923. The molecule has 1 heterocycles. The third kappa shape index (κ3) is 3.12. The Labute approximate surface area is 103 Å². The predicted molar refractivity (Wildman–Crippen MR) is 66.7 cm³/mol.